The number of nitrogens with one attached hydrogen (secondary N) is 1. The Kier molecular flexibility index (Phi) is 6.72. The molecule has 4 aromatic rings. The van der Waals surface area contributed by atoms with Gasteiger partial charge in [-0.15, -0.1) is 16.8 Å². The van der Waals surface area contributed by atoms with Gasteiger partial charge in [0.25, 0.3) is 0 Å². The van der Waals surface area contributed by atoms with Crippen molar-refractivity contribution in [2.45, 2.75) is 17.5 Å². The van der Waals surface area contributed by atoms with Crippen molar-refractivity contribution in [2.75, 3.05) is 14.2 Å². The minimum Gasteiger partial charge on any atom is -0.493 e. The molecule has 164 valence electrons. The lowest BCUT2D eigenvalue weighted by molar-refractivity contribution is 0.355. The number of hydrogen-bond acceptors (Lipinski definition) is 7. The number of allylic oxidation sites excluding steroid dienone is 1. The largest absolute Gasteiger partial charge is 0.493 e. The summed E-state index contributed by atoms with van der Waals surface area (Å²) in [5.74, 6) is 3.36. The zero-order valence-corrected chi connectivity index (χ0v) is 19.3. The summed E-state index contributed by atoms with van der Waals surface area (Å²) in [6.07, 6.45) is 1.79. The third kappa shape index (κ3) is 4.32. The second kappa shape index (κ2) is 9.84. The topological polar surface area (TPSA) is 82.8 Å². The lowest BCUT2D eigenvalue weighted by atomic mass is 10.2. The number of aromatic amines is 1. The van der Waals surface area contributed by atoms with Crippen molar-refractivity contribution in [3.05, 3.63) is 71.8 Å². The number of hydrogen-bond donors (Lipinski definition) is 1. The number of methoxy groups -OCH3 is 2. The first-order valence-corrected chi connectivity index (χ1v) is 11.2. The quantitative estimate of drug-likeness (QED) is 0.218. The Bertz CT molecular complexity index is 1280. The van der Waals surface area contributed by atoms with Gasteiger partial charge in [-0.2, -0.15) is 5.10 Å². The summed E-state index contributed by atoms with van der Waals surface area (Å²) in [6.45, 7) is 4.38. The number of aromatic nitrogens is 6. The summed E-state index contributed by atoms with van der Waals surface area (Å²) < 4.78 is 15.3. The summed E-state index contributed by atoms with van der Waals surface area (Å²) in [7, 11) is 3.22. The van der Waals surface area contributed by atoms with E-state index in [0.29, 0.717) is 34.4 Å². The van der Waals surface area contributed by atoms with Gasteiger partial charge in [0, 0.05) is 17.8 Å². The fraction of sp³-hybridized carbons (Fsp3) is 0.182. The van der Waals surface area contributed by atoms with Crippen molar-refractivity contribution in [2.24, 2.45) is 0 Å². The molecule has 32 heavy (non-hydrogen) atoms. The average Bonchev–Trinajstić information content (AvgIpc) is 3.41. The van der Waals surface area contributed by atoms with Gasteiger partial charge < -0.3 is 9.47 Å². The highest BCUT2D eigenvalue weighted by atomic mass is 32.2. The molecule has 2 heterocycles. The molecule has 2 aromatic heterocycles. The highest BCUT2D eigenvalue weighted by molar-refractivity contribution is 7.98. The molecule has 0 aliphatic carbocycles. The number of H-pyrrole nitrogens is 1. The van der Waals surface area contributed by atoms with Crippen LogP contribution >= 0.6 is 24.0 Å². The summed E-state index contributed by atoms with van der Waals surface area (Å²) in [6, 6.07) is 15.7. The van der Waals surface area contributed by atoms with Crippen LogP contribution in [0.1, 0.15) is 5.82 Å². The minimum absolute atomic E-state index is 0.566. The van der Waals surface area contributed by atoms with Crippen LogP contribution in [0.3, 0.4) is 0 Å². The van der Waals surface area contributed by atoms with E-state index in [-0.39, 0.29) is 0 Å². The van der Waals surface area contributed by atoms with Crippen LogP contribution in [-0.2, 0) is 12.3 Å². The molecule has 8 nitrogen and oxygen atoms in total. The maximum atomic E-state index is 5.47. The second-order valence-corrected chi connectivity index (χ2v) is 8.01. The Morgan fingerprint density at radius 1 is 1.09 bits per heavy atom. The van der Waals surface area contributed by atoms with Gasteiger partial charge in [-0.05, 0) is 42.5 Å². The Balaban J connectivity index is 1.74. The van der Waals surface area contributed by atoms with Crippen LogP contribution in [0, 0.1) is 4.77 Å². The molecule has 0 bridgehead atoms. The van der Waals surface area contributed by atoms with E-state index in [1.807, 2.05) is 57.7 Å². The molecular formula is C22H22N6O2S2. The van der Waals surface area contributed by atoms with Crippen LogP contribution in [0.4, 0.5) is 0 Å². The molecule has 0 saturated heterocycles. The number of benzene rings is 2. The average molecular weight is 467 g/mol. The van der Waals surface area contributed by atoms with Gasteiger partial charge in [-0.3, -0.25) is 14.2 Å². The van der Waals surface area contributed by atoms with Crippen LogP contribution in [-0.4, -0.2) is 43.7 Å². The van der Waals surface area contributed by atoms with Crippen LogP contribution in [0.5, 0.6) is 11.5 Å². The number of thioether (sulfide) groups is 1. The van der Waals surface area contributed by atoms with Crippen molar-refractivity contribution in [3.63, 3.8) is 0 Å². The van der Waals surface area contributed by atoms with Gasteiger partial charge in [0.15, 0.2) is 27.3 Å². The summed E-state index contributed by atoms with van der Waals surface area (Å²) in [5, 5.41) is 16.9. The molecule has 2 aromatic carbocycles. The van der Waals surface area contributed by atoms with Gasteiger partial charge in [0.05, 0.1) is 20.0 Å². The zero-order chi connectivity index (χ0) is 22.5. The number of nitrogens with zero attached hydrogens (tertiary/aromatic N) is 5. The van der Waals surface area contributed by atoms with Gasteiger partial charge >= 0.3 is 0 Å². The monoisotopic (exact) mass is 466 g/mol. The number of ether oxygens (including phenoxy) is 2. The van der Waals surface area contributed by atoms with Gasteiger partial charge in [-0.25, -0.2) is 0 Å². The predicted octanol–water partition coefficient (Wildman–Crippen LogP) is 4.68. The fourth-order valence-corrected chi connectivity index (χ4v) is 4.37. The van der Waals surface area contributed by atoms with Gasteiger partial charge in [0.1, 0.15) is 5.82 Å². The highest BCUT2D eigenvalue weighted by Gasteiger charge is 2.19. The van der Waals surface area contributed by atoms with E-state index in [9.17, 15) is 0 Å². The van der Waals surface area contributed by atoms with Crippen LogP contribution in [0.15, 0.2) is 66.3 Å². The maximum absolute atomic E-state index is 5.47. The molecular weight excluding hydrogens is 444 g/mol. The molecule has 1 N–H and O–H groups in total. The third-order valence-corrected chi connectivity index (χ3v) is 6.01. The Hall–Kier alpha value is -3.37. The summed E-state index contributed by atoms with van der Waals surface area (Å²) in [4.78, 5) is 0. The highest BCUT2D eigenvalue weighted by Crippen LogP contribution is 2.34. The molecule has 0 amide bonds. The van der Waals surface area contributed by atoms with E-state index in [1.165, 1.54) is 11.8 Å². The molecule has 0 saturated carbocycles. The summed E-state index contributed by atoms with van der Waals surface area (Å²) in [5.41, 5.74) is 1.81. The number of rotatable bonds is 9. The number of para-hydroxylation sites is 1. The van der Waals surface area contributed by atoms with Crippen molar-refractivity contribution >= 4 is 24.0 Å². The smallest absolute Gasteiger partial charge is 0.196 e. The first-order chi connectivity index (χ1) is 15.7. The van der Waals surface area contributed by atoms with Gasteiger partial charge in [0.2, 0.25) is 0 Å². The lowest BCUT2D eigenvalue weighted by Crippen LogP contribution is -2.03. The second-order valence-electron chi connectivity index (χ2n) is 6.68. The van der Waals surface area contributed by atoms with E-state index >= 15 is 0 Å². The van der Waals surface area contributed by atoms with E-state index in [2.05, 4.69) is 27.0 Å². The minimum atomic E-state index is 0.566. The molecule has 4 rings (SSSR count). The van der Waals surface area contributed by atoms with Crippen molar-refractivity contribution < 1.29 is 9.47 Å². The molecule has 0 fully saturated rings. The summed E-state index contributed by atoms with van der Waals surface area (Å²) >= 11 is 6.85. The normalized spacial score (nSPS) is 10.8. The zero-order valence-electron chi connectivity index (χ0n) is 17.7. The standard InChI is InChI=1S/C22H22N6O2S2/c1-4-12-27-19(23-25-21(27)31)14-32-22-26-24-20(28(22)16-8-6-5-7-9-16)15-10-11-17(29-2)18(13-15)30-3/h4-11,13H,1,12,14H2,2-3H3,(H,25,31). The predicted molar refractivity (Wildman–Crippen MR) is 127 cm³/mol. The fourth-order valence-electron chi connectivity index (χ4n) is 3.24. The Labute approximate surface area is 194 Å². The van der Waals surface area contributed by atoms with Crippen LogP contribution < -0.4 is 9.47 Å². The van der Waals surface area contributed by atoms with Gasteiger partial charge in [-0.1, -0.05) is 36.0 Å². The van der Waals surface area contributed by atoms with Crippen LogP contribution in [0.25, 0.3) is 17.1 Å². The van der Waals surface area contributed by atoms with E-state index in [4.69, 9.17) is 21.7 Å². The lowest BCUT2D eigenvalue weighted by Gasteiger charge is -2.12. The Morgan fingerprint density at radius 2 is 1.88 bits per heavy atom. The van der Waals surface area contributed by atoms with Crippen LogP contribution in [0.2, 0.25) is 0 Å². The SMILES string of the molecule is C=CCn1c(CSc2nnc(-c3ccc(OC)c(OC)c3)n2-c2ccccc2)n[nH]c1=S. The third-order valence-electron chi connectivity index (χ3n) is 4.77. The first kappa shape index (κ1) is 21.8. The molecule has 0 spiro atoms. The van der Waals surface area contributed by atoms with Crippen molar-refractivity contribution in [1.82, 2.24) is 29.5 Å². The molecule has 0 radical (unpaired) electrons. The van der Waals surface area contributed by atoms with Crippen molar-refractivity contribution in [3.8, 4) is 28.6 Å². The van der Waals surface area contributed by atoms with E-state index in [1.54, 1.807) is 20.3 Å². The Morgan fingerprint density at radius 3 is 2.59 bits per heavy atom. The first-order valence-electron chi connectivity index (χ1n) is 9.77. The van der Waals surface area contributed by atoms with E-state index in [0.717, 1.165) is 22.2 Å². The molecule has 0 aliphatic rings. The molecule has 0 aliphatic heterocycles. The maximum Gasteiger partial charge on any atom is 0.196 e. The molecule has 0 unspecified atom stereocenters. The van der Waals surface area contributed by atoms with Crippen molar-refractivity contribution in [1.29, 1.82) is 0 Å². The van der Waals surface area contributed by atoms with E-state index < -0.39 is 0 Å². The molecule has 10 heteroatoms. The molecule has 0 atom stereocenters.